The van der Waals surface area contributed by atoms with E-state index < -0.39 is 0 Å². The molecule has 2 fully saturated rings. The zero-order valence-electron chi connectivity index (χ0n) is 12.1. The molecule has 1 N–H and O–H groups in total. The average molecular weight is 259 g/mol. The smallest absolute Gasteiger partial charge is 0.128 e. The fourth-order valence-electron chi connectivity index (χ4n) is 3.68. The molecule has 2 heterocycles. The van der Waals surface area contributed by atoms with Crippen LogP contribution in [0.5, 0.6) is 0 Å². The molecule has 0 spiro atoms. The summed E-state index contributed by atoms with van der Waals surface area (Å²) < 4.78 is 0. The highest BCUT2D eigenvalue weighted by molar-refractivity contribution is 5.43. The molecule has 3 nitrogen and oxygen atoms in total. The molecule has 0 radical (unpaired) electrons. The maximum atomic E-state index is 4.71. The number of fused-ring (bicyclic) bond motifs is 1. The SMILES string of the molecule is CNC(C)c1ccc(N2CCC3CCCCC32)nc1. The van der Waals surface area contributed by atoms with Gasteiger partial charge in [-0.3, -0.25) is 0 Å². The number of nitrogens with one attached hydrogen (secondary N) is 1. The van der Waals surface area contributed by atoms with Gasteiger partial charge in [0.05, 0.1) is 0 Å². The van der Waals surface area contributed by atoms with Gasteiger partial charge < -0.3 is 10.2 Å². The molecule has 1 saturated carbocycles. The Balaban J connectivity index is 1.75. The summed E-state index contributed by atoms with van der Waals surface area (Å²) in [6.45, 7) is 3.37. The maximum Gasteiger partial charge on any atom is 0.128 e. The van der Waals surface area contributed by atoms with E-state index in [2.05, 4.69) is 29.3 Å². The highest BCUT2D eigenvalue weighted by Crippen LogP contribution is 2.38. The Hall–Kier alpha value is -1.09. The first-order chi connectivity index (χ1) is 9.29. The number of aromatic nitrogens is 1. The summed E-state index contributed by atoms with van der Waals surface area (Å²) in [5.74, 6) is 2.10. The van der Waals surface area contributed by atoms with E-state index in [0.717, 1.165) is 12.0 Å². The van der Waals surface area contributed by atoms with Crippen LogP contribution < -0.4 is 10.2 Å². The molecule has 104 valence electrons. The second-order valence-corrected chi connectivity index (χ2v) is 6.05. The van der Waals surface area contributed by atoms with Crippen LogP contribution in [0.3, 0.4) is 0 Å². The van der Waals surface area contributed by atoms with Crippen LogP contribution in [-0.2, 0) is 0 Å². The van der Waals surface area contributed by atoms with E-state index in [1.165, 1.54) is 50.0 Å². The molecule has 3 atom stereocenters. The van der Waals surface area contributed by atoms with E-state index in [9.17, 15) is 0 Å². The molecule has 1 aliphatic carbocycles. The first kappa shape index (κ1) is 12.9. The molecular weight excluding hydrogens is 234 g/mol. The van der Waals surface area contributed by atoms with E-state index in [1.54, 1.807) is 0 Å². The van der Waals surface area contributed by atoms with Gasteiger partial charge in [0.25, 0.3) is 0 Å². The monoisotopic (exact) mass is 259 g/mol. The average Bonchev–Trinajstić information content (AvgIpc) is 2.90. The minimum absolute atomic E-state index is 0.377. The molecule has 3 rings (SSSR count). The first-order valence-electron chi connectivity index (χ1n) is 7.69. The Bertz CT molecular complexity index is 415. The third kappa shape index (κ3) is 2.48. The quantitative estimate of drug-likeness (QED) is 0.904. The molecule has 2 aliphatic rings. The van der Waals surface area contributed by atoms with Gasteiger partial charge in [-0.25, -0.2) is 4.98 Å². The van der Waals surface area contributed by atoms with Gasteiger partial charge in [0, 0.05) is 24.8 Å². The van der Waals surface area contributed by atoms with Crippen LogP contribution in [0.15, 0.2) is 18.3 Å². The Labute approximate surface area is 116 Å². The topological polar surface area (TPSA) is 28.2 Å². The summed E-state index contributed by atoms with van der Waals surface area (Å²) in [7, 11) is 1.99. The molecule has 1 saturated heterocycles. The molecule has 19 heavy (non-hydrogen) atoms. The number of hydrogen-bond donors (Lipinski definition) is 1. The lowest BCUT2D eigenvalue weighted by atomic mass is 9.85. The molecule has 0 bridgehead atoms. The van der Waals surface area contributed by atoms with Gasteiger partial charge in [0.15, 0.2) is 0 Å². The Kier molecular flexibility index (Phi) is 3.74. The van der Waals surface area contributed by atoms with Gasteiger partial charge in [-0.05, 0) is 50.8 Å². The number of anilines is 1. The lowest BCUT2D eigenvalue weighted by Crippen LogP contribution is -2.35. The Morgan fingerprint density at radius 2 is 2.11 bits per heavy atom. The molecule has 1 aromatic rings. The zero-order chi connectivity index (χ0) is 13.2. The summed E-state index contributed by atoms with van der Waals surface area (Å²) in [6.07, 6.45) is 9.01. The van der Waals surface area contributed by atoms with E-state index >= 15 is 0 Å². The Morgan fingerprint density at radius 3 is 2.84 bits per heavy atom. The van der Waals surface area contributed by atoms with Gasteiger partial charge in [-0.15, -0.1) is 0 Å². The van der Waals surface area contributed by atoms with Gasteiger partial charge >= 0.3 is 0 Å². The number of rotatable bonds is 3. The third-order valence-electron chi connectivity index (χ3n) is 5.01. The normalized spacial score (nSPS) is 28.2. The predicted octanol–water partition coefficient (Wildman–Crippen LogP) is 3.13. The number of pyridine rings is 1. The highest BCUT2D eigenvalue weighted by Gasteiger charge is 2.36. The molecular formula is C16H25N3. The van der Waals surface area contributed by atoms with Crippen LogP contribution in [0.25, 0.3) is 0 Å². The van der Waals surface area contributed by atoms with Gasteiger partial charge in [-0.1, -0.05) is 18.9 Å². The van der Waals surface area contributed by atoms with Crippen molar-refractivity contribution >= 4 is 5.82 Å². The van der Waals surface area contributed by atoms with Gasteiger partial charge in [-0.2, -0.15) is 0 Å². The van der Waals surface area contributed by atoms with Crippen molar-refractivity contribution in [1.29, 1.82) is 0 Å². The summed E-state index contributed by atoms with van der Waals surface area (Å²) in [6, 6.07) is 5.57. The van der Waals surface area contributed by atoms with E-state index in [4.69, 9.17) is 4.98 Å². The van der Waals surface area contributed by atoms with Crippen molar-refractivity contribution in [2.45, 2.75) is 51.1 Å². The number of nitrogens with zero attached hydrogens (tertiary/aromatic N) is 2. The van der Waals surface area contributed by atoms with Gasteiger partial charge in [0.1, 0.15) is 5.82 Å². The molecule has 3 unspecified atom stereocenters. The molecule has 0 aromatic carbocycles. The minimum atomic E-state index is 0.377. The lowest BCUT2D eigenvalue weighted by Gasteiger charge is -2.32. The van der Waals surface area contributed by atoms with Crippen LogP contribution in [0, 0.1) is 5.92 Å². The number of hydrogen-bond acceptors (Lipinski definition) is 3. The molecule has 0 amide bonds. The largest absolute Gasteiger partial charge is 0.353 e. The van der Waals surface area contributed by atoms with E-state index in [-0.39, 0.29) is 0 Å². The van der Waals surface area contributed by atoms with Crippen LogP contribution >= 0.6 is 0 Å². The molecule has 3 heteroatoms. The summed E-state index contributed by atoms with van der Waals surface area (Å²) in [4.78, 5) is 7.26. The van der Waals surface area contributed by atoms with Crippen molar-refractivity contribution < 1.29 is 0 Å². The predicted molar refractivity (Wildman–Crippen MR) is 79.4 cm³/mol. The van der Waals surface area contributed by atoms with Crippen molar-refractivity contribution in [1.82, 2.24) is 10.3 Å². The first-order valence-corrected chi connectivity index (χ1v) is 7.69. The van der Waals surface area contributed by atoms with Crippen molar-refractivity contribution in [3.63, 3.8) is 0 Å². The lowest BCUT2D eigenvalue weighted by molar-refractivity contribution is 0.341. The Morgan fingerprint density at radius 1 is 1.26 bits per heavy atom. The highest BCUT2D eigenvalue weighted by atomic mass is 15.2. The fraction of sp³-hybridized carbons (Fsp3) is 0.688. The summed E-state index contributed by atoms with van der Waals surface area (Å²) in [5, 5.41) is 3.26. The van der Waals surface area contributed by atoms with Crippen molar-refractivity contribution in [3.8, 4) is 0 Å². The second kappa shape index (κ2) is 5.49. The maximum absolute atomic E-state index is 4.71. The standard InChI is InChI=1S/C16H25N3/c1-12(17-2)14-7-8-16(18-11-14)19-10-9-13-5-3-4-6-15(13)19/h7-8,11-13,15,17H,3-6,9-10H2,1-2H3. The minimum Gasteiger partial charge on any atom is -0.353 e. The third-order valence-corrected chi connectivity index (χ3v) is 5.01. The van der Waals surface area contributed by atoms with Crippen LogP contribution in [-0.4, -0.2) is 24.6 Å². The second-order valence-electron chi connectivity index (χ2n) is 6.05. The van der Waals surface area contributed by atoms with Crippen molar-refractivity contribution in [3.05, 3.63) is 23.9 Å². The van der Waals surface area contributed by atoms with Crippen molar-refractivity contribution in [2.75, 3.05) is 18.5 Å². The van der Waals surface area contributed by atoms with Gasteiger partial charge in [0.2, 0.25) is 0 Å². The van der Waals surface area contributed by atoms with Crippen LogP contribution in [0.1, 0.15) is 50.6 Å². The van der Waals surface area contributed by atoms with E-state index in [1.807, 2.05) is 13.2 Å². The summed E-state index contributed by atoms with van der Waals surface area (Å²) >= 11 is 0. The van der Waals surface area contributed by atoms with Crippen LogP contribution in [0.2, 0.25) is 0 Å². The summed E-state index contributed by atoms with van der Waals surface area (Å²) in [5.41, 5.74) is 1.27. The fourth-order valence-corrected chi connectivity index (χ4v) is 3.68. The van der Waals surface area contributed by atoms with Crippen LogP contribution in [0.4, 0.5) is 5.82 Å². The van der Waals surface area contributed by atoms with E-state index in [0.29, 0.717) is 6.04 Å². The molecule has 1 aliphatic heterocycles. The van der Waals surface area contributed by atoms with Crippen molar-refractivity contribution in [2.24, 2.45) is 5.92 Å². The zero-order valence-corrected chi connectivity index (χ0v) is 12.1. The molecule has 1 aromatic heterocycles.